The standard InChI is InChI=1S/C24H26N2O6/c1-15(21(27)26-11-10-24(31,14-26)22(28)29)12-25-23(30)32-13-20-18-8-4-2-6-16(18)17-7-3-5-9-19(17)20/h2-9,15,20,31H,10-14H2,1H3,(H,25,30)(H,28,29). The van der Waals surface area contributed by atoms with Gasteiger partial charge in [0.2, 0.25) is 5.91 Å². The van der Waals surface area contributed by atoms with Gasteiger partial charge in [0.15, 0.2) is 5.60 Å². The van der Waals surface area contributed by atoms with Crippen LogP contribution in [0.15, 0.2) is 48.5 Å². The summed E-state index contributed by atoms with van der Waals surface area (Å²) in [6, 6.07) is 16.1. The lowest BCUT2D eigenvalue weighted by atomic mass is 9.98. The van der Waals surface area contributed by atoms with Gasteiger partial charge in [0.05, 0.1) is 12.5 Å². The fraction of sp³-hybridized carbons (Fsp3) is 0.375. The molecule has 1 saturated heterocycles. The molecule has 8 nitrogen and oxygen atoms in total. The highest BCUT2D eigenvalue weighted by Crippen LogP contribution is 2.44. The van der Waals surface area contributed by atoms with Gasteiger partial charge in [-0.3, -0.25) is 4.79 Å². The van der Waals surface area contributed by atoms with Crippen molar-refractivity contribution in [2.75, 3.05) is 26.2 Å². The average Bonchev–Trinajstić information content (AvgIpc) is 3.35. The number of carbonyl (C=O) groups excluding carboxylic acids is 2. The second-order valence-corrected chi connectivity index (χ2v) is 8.45. The first-order chi connectivity index (χ1) is 15.3. The largest absolute Gasteiger partial charge is 0.479 e. The van der Waals surface area contributed by atoms with Crippen molar-refractivity contribution in [1.29, 1.82) is 0 Å². The van der Waals surface area contributed by atoms with Crippen LogP contribution in [0.5, 0.6) is 0 Å². The summed E-state index contributed by atoms with van der Waals surface area (Å²) in [5, 5.41) is 21.7. The number of rotatable bonds is 6. The number of hydrogen-bond donors (Lipinski definition) is 3. The van der Waals surface area contributed by atoms with E-state index in [9.17, 15) is 19.5 Å². The first-order valence-corrected chi connectivity index (χ1v) is 10.6. The number of aliphatic hydroxyl groups is 1. The molecule has 168 valence electrons. The van der Waals surface area contributed by atoms with E-state index in [0.717, 1.165) is 22.3 Å². The van der Waals surface area contributed by atoms with Gasteiger partial charge in [-0.2, -0.15) is 0 Å². The van der Waals surface area contributed by atoms with Crippen LogP contribution in [0.3, 0.4) is 0 Å². The van der Waals surface area contributed by atoms with Gasteiger partial charge in [-0.15, -0.1) is 0 Å². The molecule has 1 aliphatic carbocycles. The Labute approximate surface area is 185 Å². The molecule has 32 heavy (non-hydrogen) atoms. The van der Waals surface area contributed by atoms with Crippen LogP contribution in [0, 0.1) is 5.92 Å². The Kier molecular flexibility index (Phi) is 5.88. The first kappa shape index (κ1) is 21.8. The maximum Gasteiger partial charge on any atom is 0.407 e. The lowest BCUT2D eigenvalue weighted by Gasteiger charge is -2.22. The van der Waals surface area contributed by atoms with E-state index in [0.29, 0.717) is 0 Å². The van der Waals surface area contributed by atoms with Crippen LogP contribution < -0.4 is 5.32 Å². The summed E-state index contributed by atoms with van der Waals surface area (Å²) in [5.74, 6) is -2.28. The number of ether oxygens (including phenoxy) is 1. The lowest BCUT2D eigenvalue weighted by molar-refractivity contribution is -0.157. The van der Waals surface area contributed by atoms with Crippen LogP contribution in [-0.4, -0.2) is 64.9 Å². The molecule has 0 radical (unpaired) electrons. The number of amides is 2. The van der Waals surface area contributed by atoms with Gasteiger partial charge in [0, 0.05) is 25.4 Å². The van der Waals surface area contributed by atoms with Crippen molar-refractivity contribution < 1.29 is 29.3 Å². The lowest BCUT2D eigenvalue weighted by Crippen LogP contribution is -2.45. The number of alkyl carbamates (subject to hydrolysis) is 1. The summed E-state index contributed by atoms with van der Waals surface area (Å²) in [5.41, 5.74) is 2.61. The number of fused-ring (bicyclic) bond motifs is 3. The molecular formula is C24H26N2O6. The molecule has 2 amide bonds. The number of carboxylic acid groups (broad SMARTS) is 1. The van der Waals surface area contributed by atoms with Gasteiger partial charge in [0.1, 0.15) is 6.61 Å². The SMILES string of the molecule is CC(CNC(=O)OCC1c2ccccc2-c2ccccc21)C(=O)N1CCC(O)(C(=O)O)C1. The molecule has 3 N–H and O–H groups in total. The molecular weight excluding hydrogens is 412 g/mol. The van der Waals surface area contributed by atoms with Crippen molar-refractivity contribution in [3.63, 3.8) is 0 Å². The fourth-order valence-corrected chi connectivity index (χ4v) is 4.44. The van der Waals surface area contributed by atoms with E-state index < -0.39 is 23.6 Å². The third-order valence-corrected chi connectivity index (χ3v) is 6.28. The summed E-state index contributed by atoms with van der Waals surface area (Å²) in [6.45, 7) is 1.79. The Morgan fingerprint density at radius 3 is 2.28 bits per heavy atom. The Morgan fingerprint density at radius 2 is 1.72 bits per heavy atom. The number of carbonyl (C=O) groups is 3. The van der Waals surface area contributed by atoms with Crippen LogP contribution in [0.4, 0.5) is 4.79 Å². The Balaban J connectivity index is 1.30. The monoisotopic (exact) mass is 438 g/mol. The number of nitrogens with one attached hydrogen (secondary N) is 1. The van der Waals surface area contributed by atoms with Crippen molar-refractivity contribution >= 4 is 18.0 Å². The van der Waals surface area contributed by atoms with Crippen LogP contribution in [0.25, 0.3) is 11.1 Å². The number of carboxylic acids is 1. The van der Waals surface area contributed by atoms with E-state index in [1.54, 1.807) is 6.92 Å². The minimum atomic E-state index is -1.91. The second-order valence-electron chi connectivity index (χ2n) is 8.45. The minimum Gasteiger partial charge on any atom is -0.479 e. The molecule has 2 unspecified atom stereocenters. The van der Waals surface area contributed by atoms with E-state index in [-0.39, 0.29) is 44.5 Å². The molecule has 0 saturated carbocycles. The van der Waals surface area contributed by atoms with Crippen LogP contribution in [0.2, 0.25) is 0 Å². The van der Waals surface area contributed by atoms with Crippen LogP contribution >= 0.6 is 0 Å². The van der Waals surface area contributed by atoms with Crippen molar-refractivity contribution in [3.8, 4) is 11.1 Å². The molecule has 0 aromatic heterocycles. The molecule has 0 spiro atoms. The summed E-state index contributed by atoms with van der Waals surface area (Å²) >= 11 is 0. The molecule has 1 aliphatic heterocycles. The van der Waals surface area contributed by atoms with Crippen molar-refractivity contribution in [3.05, 3.63) is 59.7 Å². The van der Waals surface area contributed by atoms with Gasteiger partial charge < -0.3 is 25.2 Å². The molecule has 2 aliphatic rings. The maximum atomic E-state index is 12.5. The van der Waals surface area contributed by atoms with E-state index in [1.165, 1.54) is 4.90 Å². The molecule has 4 rings (SSSR count). The number of hydrogen-bond acceptors (Lipinski definition) is 5. The predicted octanol–water partition coefficient (Wildman–Crippen LogP) is 2.21. The highest BCUT2D eigenvalue weighted by atomic mass is 16.5. The third-order valence-electron chi connectivity index (χ3n) is 6.28. The van der Waals surface area contributed by atoms with Crippen LogP contribution in [-0.2, 0) is 14.3 Å². The van der Waals surface area contributed by atoms with E-state index in [1.807, 2.05) is 36.4 Å². The van der Waals surface area contributed by atoms with Gasteiger partial charge in [-0.05, 0) is 22.3 Å². The maximum absolute atomic E-state index is 12.5. The number of β-amino-alcohol motifs (C(OH)–C–C–N with tert-alkyl or cyclic N) is 1. The fourth-order valence-electron chi connectivity index (χ4n) is 4.44. The number of benzene rings is 2. The van der Waals surface area contributed by atoms with Gasteiger partial charge >= 0.3 is 12.1 Å². The van der Waals surface area contributed by atoms with Crippen molar-refractivity contribution in [1.82, 2.24) is 10.2 Å². The summed E-state index contributed by atoms with van der Waals surface area (Å²) in [4.78, 5) is 37.3. The molecule has 2 aromatic carbocycles. The average molecular weight is 438 g/mol. The predicted molar refractivity (Wildman–Crippen MR) is 116 cm³/mol. The molecule has 2 aromatic rings. The zero-order valence-corrected chi connectivity index (χ0v) is 17.8. The van der Waals surface area contributed by atoms with Gasteiger partial charge in [0.25, 0.3) is 0 Å². The molecule has 0 bridgehead atoms. The summed E-state index contributed by atoms with van der Waals surface area (Å²) < 4.78 is 5.47. The Hall–Kier alpha value is -3.39. The van der Waals surface area contributed by atoms with Gasteiger partial charge in [-0.1, -0.05) is 55.5 Å². The van der Waals surface area contributed by atoms with E-state index >= 15 is 0 Å². The highest BCUT2D eigenvalue weighted by molar-refractivity contribution is 5.84. The quantitative estimate of drug-likeness (QED) is 0.637. The number of likely N-dealkylation sites (tertiary alicyclic amines) is 1. The van der Waals surface area contributed by atoms with E-state index in [2.05, 4.69) is 17.4 Å². The summed E-state index contributed by atoms with van der Waals surface area (Å²) in [6.07, 6.45) is -0.629. The zero-order chi connectivity index (χ0) is 22.9. The molecule has 2 atom stereocenters. The Bertz CT molecular complexity index is 1010. The molecule has 8 heteroatoms. The van der Waals surface area contributed by atoms with Crippen LogP contribution in [0.1, 0.15) is 30.4 Å². The second kappa shape index (κ2) is 8.63. The Morgan fingerprint density at radius 1 is 1.12 bits per heavy atom. The normalized spacial score (nSPS) is 20.4. The first-order valence-electron chi connectivity index (χ1n) is 10.6. The van der Waals surface area contributed by atoms with E-state index in [4.69, 9.17) is 9.84 Å². The molecule has 1 heterocycles. The zero-order valence-electron chi connectivity index (χ0n) is 17.8. The summed E-state index contributed by atoms with van der Waals surface area (Å²) in [7, 11) is 0. The molecule has 1 fully saturated rings. The van der Waals surface area contributed by atoms with Gasteiger partial charge in [-0.25, -0.2) is 9.59 Å². The number of aliphatic carboxylic acids is 1. The smallest absolute Gasteiger partial charge is 0.407 e. The van der Waals surface area contributed by atoms with Crippen molar-refractivity contribution in [2.45, 2.75) is 24.9 Å². The topological polar surface area (TPSA) is 116 Å². The third kappa shape index (κ3) is 4.05. The highest BCUT2D eigenvalue weighted by Gasteiger charge is 2.45. The minimum absolute atomic E-state index is 0.0133. The number of nitrogens with zero attached hydrogens (tertiary/aromatic N) is 1. The van der Waals surface area contributed by atoms with Crippen molar-refractivity contribution in [2.24, 2.45) is 5.92 Å².